The van der Waals surface area contributed by atoms with Crippen molar-refractivity contribution in [3.63, 3.8) is 0 Å². The minimum atomic E-state index is 0.00729. The maximum absolute atomic E-state index is 5.12. The average Bonchev–Trinajstić information content (AvgIpc) is 3.52. The van der Waals surface area contributed by atoms with Gasteiger partial charge in [0.2, 0.25) is 0 Å². The zero-order chi connectivity index (χ0) is 23.1. The van der Waals surface area contributed by atoms with Crippen molar-refractivity contribution in [3.8, 4) is 0 Å². The summed E-state index contributed by atoms with van der Waals surface area (Å²) in [6.45, 7) is 13.3. The fourth-order valence-corrected chi connectivity index (χ4v) is 6.39. The van der Waals surface area contributed by atoms with Crippen molar-refractivity contribution in [3.05, 3.63) is 69.3 Å². The van der Waals surface area contributed by atoms with E-state index in [1.165, 1.54) is 44.4 Å². The van der Waals surface area contributed by atoms with Crippen LogP contribution in [-0.4, -0.2) is 19.9 Å². The van der Waals surface area contributed by atoms with Gasteiger partial charge in [-0.05, 0) is 85.4 Å². The maximum atomic E-state index is 5.12. The van der Waals surface area contributed by atoms with E-state index in [9.17, 15) is 0 Å². The Morgan fingerprint density at radius 3 is 1.94 bits per heavy atom. The largest absolute Gasteiger partial charge is 0.355 e. The van der Waals surface area contributed by atoms with Crippen LogP contribution >= 0.6 is 11.8 Å². The molecule has 0 aromatic carbocycles. The Kier molecular flexibility index (Phi) is 4.47. The number of rotatable bonds is 0. The highest BCUT2D eigenvalue weighted by Gasteiger charge is 2.29. The number of aryl methyl sites for hydroxylation is 2. The van der Waals surface area contributed by atoms with Crippen LogP contribution in [0.3, 0.4) is 0 Å². The predicted octanol–water partition coefficient (Wildman–Crippen LogP) is 7.15. The zero-order valence-corrected chi connectivity index (χ0v) is 21.0. The molecule has 0 aliphatic carbocycles. The summed E-state index contributed by atoms with van der Waals surface area (Å²) in [6.07, 6.45) is 0.942. The molecule has 0 saturated heterocycles. The number of fused-ring (bicyclic) bond motifs is 11. The third kappa shape index (κ3) is 3.20. The van der Waals surface area contributed by atoms with Gasteiger partial charge in [0, 0.05) is 56.8 Å². The number of thioether (sulfide) groups is 1. The van der Waals surface area contributed by atoms with Gasteiger partial charge < -0.3 is 9.97 Å². The second-order valence-corrected chi connectivity index (χ2v) is 11.3. The van der Waals surface area contributed by atoms with Crippen molar-refractivity contribution < 1.29 is 0 Å². The van der Waals surface area contributed by atoms with Gasteiger partial charge >= 0.3 is 0 Å². The molecule has 0 radical (unpaired) electrons. The molecule has 6 rings (SSSR count). The summed E-state index contributed by atoms with van der Waals surface area (Å²) in [5, 5.41) is 0. The first-order chi connectivity index (χ1) is 15.7. The molecule has 168 valence electrons. The molecule has 0 atom stereocenters. The Hall–Kier alpha value is -2.79. The molecule has 3 aromatic rings. The van der Waals surface area contributed by atoms with E-state index < -0.39 is 0 Å². The van der Waals surface area contributed by atoms with Gasteiger partial charge in [-0.25, -0.2) is 4.98 Å². The van der Waals surface area contributed by atoms with Crippen LogP contribution in [-0.2, 0) is 23.3 Å². The van der Waals surface area contributed by atoms with Crippen LogP contribution in [0.5, 0.6) is 0 Å². The summed E-state index contributed by atoms with van der Waals surface area (Å²) in [5.41, 5.74) is 17.0. The van der Waals surface area contributed by atoms with Crippen LogP contribution in [0.15, 0.2) is 24.3 Å². The van der Waals surface area contributed by atoms with E-state index in [-0.39, 0.29) is 5.41 Å². The van der Waals surface area contributed by atoms with Gasteiger partial charge in [-0.2, -0.15) is 11.8 Å². The molecule has 33 heavy (non-hydrogen) atoms. The molecule has 0 amide bonds. The van der Waals surface area contributed by atoms with E-state index in [0.29, 0.717) is 0 Å². The van der Waals surface area contributed by atoms with Gasteiger partial charge in [0.05, 0.1) is 11.4 Å². The van der Waals surface area contributed by atoms with E-state index >= 15 is 0 Å². The van der Waals surface area contributed by atoms with Gasteiger partial charge in [-0.15, -0.1) is 0 Å². The normalized spacial score (nSPS) is 17.0. The molecule has 2 N–H and O–H groups in total. The quantitative estimate of drug-likeness (QED) is 0.379. The summed E-state index contributed by atoms with van der Waals surface area (Å²) < 4.78 is 0. The number of hydrogen-bond donors (Lipinski definition) is 2. The highest BCUT2D eigenvalue weighted by molar-refractivity contribution is 7.98. The Labute approximate surface area is 199 Å². The van der Waals surface area contributed by atoms with Crippen LogP contribution in [0.4, 0.5) is 0 Å². The summed E-state index contributed by atoms with van der Waals surface area (Å²) >= 11 is 1.99. The highest BCUT2D eigenvalue weighted by atomic mass is 32.2. The van der Waals surface area contributed by atoms with E-state index in [2.05, 4.69) is 75.8 Å². The number of aromatic amines is 2. The molecule has 3 aromatic heterocycles. The monoisotopic (exact) mass is 454 g/mol. The van der Waals surface area contributed by atoms with E-state index in [0.717, 1.165) is 51.7 Å². The summed E-state index contributed by atoms with van der Waals surface area (Å²) in [7, 11) is 0. The lowest BCUT2D eigenvalue weighted by atomic mass is 9.87. The van der Waals surface area contributed by atoms with Crippen molar-refractivity contribution in [1.82, 2.24) is 19.9 Å². The second kappa shape index (κ2) is 7.10. The third-order valence-corrected chi connectivity index (χ3v) is 8.71. The highest BCUT2D eigenvalue weighted by Crippen LogP contribution is 2.39. The Bertz CT molecular complexity index is 1530. The number of hydrogen-bond acceptors (Lipinski definition) is 3. The minimum Gasteiger partial charge on any atom is -0.355 e. The summed E-state index contributed by atoms with van der Waals surface area (Å²) in [6, 6.07) is 8.99. The average molecular weight is 455 g/mol. The van der Waals surface area contributed by atoms with E-state index in [1.807, 2.05) is 11.8 Å². The van der Waals surface area contributed by atoms with Gasteiger partial charge in [0.25, 0.3) is 0 Å². The fraction of sp³-hybridized carbons (Fsp3) is 0.357. The lowest BCUT2D eigenvalue weighted by molar-refractivity contribution is 0.543. The Morgan fingerprint density at radius 2 is 1.27 bits per heavy atom. The zero-order valence-electron chi connectivity index (χ0n) is 20.2. The van der Waals surface area contributed by atoms with Crippen LogP contribution in [0.1, 0.15) is 72.7 Å². The van der Waals surface area contributed by atoms with Crippen molar-refractivity contribution in [2.75, 3.05) is 0 Å². The van der Waals surface area contributed by atoms with Crippen LogP contribution < -0.4 is 0 Å². The van der Waals surface area contributed by atoms with Gasteiger partial charge in [0.15, 0.2) is 0 Å². The SMILES string of the molecule is CC1=C(C)c2cc3[nH]c(cc4nc(cc5[nH]c(cc1n2)c(C)c5C)CC4(C)C)c1c3CSC1. The summed E-state index contributed by atoms with van der Waals surface area (Å²) in [5.74, 6) is 2.10. The van der Waals surface area contributed by atoms with Crippen molar-refractivity contribution in [2.45, 2.75) is 64.9 Å². The standard InChI is InChI=1S/C28H30N4S/c1-14-15(2)22-8-23-16(3)17(4)24(31-23)9-25-19-12-33-13-20(19)26(32-25)10-27-28(5,6)11-18(29-27)7-21(14)30-22/h7-10,30,32H,11-13H2,1-6H3. The molecule has 3 aliphatic rings. The number of nitrogens with one attached hydrogen (secondary N) is 2. The molecule has 4 nitrogen and oxygen atoms in total. The first kappa shape index (κ1) is 20.8. The Morgan fingerprint density at radius 1 is 0.727 bits per heavy atom. The molecule has 8 bridgehead atoms. The van der Waals surface area contributed by atoms with Gasteiger partial charge in [-0.3, -0.25) is 4.98 Å². The van der Waals surface area contributed by atoms with Crippen molar-refractivity contribution >= 4 is 45.0 Å². The number of allylic oxidation sites excluding steroid dienone is 2. The number of H-pyrrole nitrogens is 2. The van der Waals surface area contributed by atoms with Crippen LogP contribution in [0, 0.1) is 13.8 Å². The smallest absolute Gasteiger partial charge is 0.0690 e. The first-order valence-corrected chi connectivity index (χ1v) is 12.9. The molecule has 0 unspecified atom stereocenters. The fourth-order valence-electron chi connectivity index (χ4n) is 5.22. The van der Waals surface area contributed by atoms with Crippen LogP contribution in [0.2, 0.25) is 0 Å². The maximum Gasteiger partial charge on any atom is 0.0690 e. The van der Waals surface area contributed by atoms with Crippen molar-refractivity contribution in [2.24, 2.45) is 0 Å². The molecule has 6 heterocycles. The molecule has 0 spiro atoms. The van der Waals surface area contributed by atoms with Crippen molar-refractivity contribution in [1.29, 1.82) is 0 Å². The molecule has 0 fully saturated rings. The topological polar surface area (TPSA) is 57.4 Å². The molecule has 5 heteroatoms. The molecular weight excluding hydrogens is 424 g/mol. The van der Waals surface area contributed by atoms with E-state index in [4.69, 9.17) is 9.97 Å². The molecular formula is C28H30N4S. The van der Waals surface area contributed by atoms with Gasteiger partial charge in [-0.1, -0.05) is 13.8 Å². The first-order valence-electron chi connectivity index (χ1n) is 11.7. The minimum absolute atomic E-state index is 0.00729. The van der Waals surface area contributed by atoms with E-state index in [1.54, 1.807) is 0 Å². The molecule has 0 saturated carbocycles. The van der Waals surface area contributed by atoms with Gasteiger partial charge in [0.1, 0.15) is 0 Å². The summed E-state index contributed by atoms with van der Waals surface area (Å²) in [4.78, 5) is 17.6. The van der Waals surface area contributed by atoms with Crippen LogP contribution in [0.25, 0.3) is 33.2 Å². The molecule has 3 aliphatic heterocycles. The second-order valence-electron chi connectivity index (χ2n) is 10.4. The lowest BCUT2D eigenvalue weighted by Gasteiger charge is -2.15. The Balaban J connectivity index is 1.78. The third-order valence-electron chi connectivity index (χ3n) is 7.72. The number of aromatic nitrogens is 4. The number of nitrogens with zero attached hydrogens (tertiary/aromatic N) is 2. The lowest BCUT2D eigenvalue weighted by Crippen LogP contribution is -2.15. The predicted molar refractivity (Wildman–Crippen MR) is 140 cm³/mol.